The van der Waals surface area contributed by atoms with Crippen LogP contribution in [0.25, 0.3) is 0 Å². The summed E-state index contributed by atoms with van der Waals surface area (Å²) in [6.45, 7) is 6.56. The van der Waals surface area contributed by atoms with Gasteiger partial charge in [0.15, 0.2) is 24.5 Å². The van der Waals surface area contributed by atoms with Gasteiger partial charge in [-0.15, -0.1) is 0 Å². The quantitative estimate of drug-likeness (QED) is 0.0923. The van der Waals surface area contributed by atoms with Gasteiger partial charge < -0.3 is 0 Å². The van der Waals surface area contributed by atoms with E-state index in [0.717, 1.165) is 13.1 Å². The normalized spacial score (nSPS) is 11.3. The fourth-order valence-corrected chi connectivity index (χ4v) is 7.31. The van der Waals surface area contributed by atoms with Crippen LogP contribution in [0.1, 0.15) is 96.5 Å². The standard InChI is InChI=1S/C34H46N2S2/c1-29-33(37-27-35(29)25-31-19-13-11-14-20-31)23-17-9-7-5-3-4-6-8-10-18-24-34-30(2)36(28-38-34)26-32-21-15-12-16-22-32/h11-16,19-22,27-28H,3-10,17-18,23-26H2,1-2H3/q+2. The van der Waals surface area contributed by atoms with Gasteiger partial charge in [-0.05, 0) is 25.7 Å². The molecule has 0 aliphatic heterocycles. The highest BCUT2D eigenvalue weighted by Gasteiger charge is 2.16. The predicted octanol–water partition coefficient (Wildman–Crippen LogP) is 8.78. The molecule has 2 heterocycles. The first-order valence-corrected chi connectivity index (χ1v) is 16.5. The van der Waals surface area contributed by atoms with Crippen LogP contribution >= 0.6 is 22.7 Å². The molecule has 0 saturated heterocycles. The highest BCUT2D eigenvalue weighted by atomic mass is 32.1. The van der Waals surface area contributed by atoms with Gasteiger partial charge in [0.2, 0.25) is 11.0 Å². The molecule has 0 unspecified atom stereocenters. The minimum Gasteiger partial charge on any atom is -0.188 e. The van der Waals surface area contributed by atoms with Gasteiger partial charge in [0.05, 0.1) is 9.75 Å². The van der Waals surface area contributed by atoms with Crippen LogP contribution in [0, 0.1) is 13.8 Å². The molecule has 0 bridgehead atoms. The van der Waals surface area contributed by atoms with Crippen molar-refractivity contribution in [3.8, 4) is 0 Å². The highest BCUT2D eigenvalue weighted by Crippen LogP contribution is 2.19. The number of nitrogens with zero attached hydrogens (tertiary/aromatic N) is 2. The molecule has 0 N–H and O–H groups in total. The molecule has 38 heavy (non-hydrogen) atoms. The molecule has 0 fully saturated rings. The van der Waals surface area contributed by atoms with Gasteiger partial charge in [0, 0.05) is 25.0 Å². The molecular weight excluding hydrogens is 501 g/mol. The van der Waals surface area contributed by atoms with Crippen molar-refractivity contribution >= 4 is 22.7 Å². The van der Waals surface area contributed by atoms with Gasteiger partial charge in [0.1, 0.15) is 0 Å². The Balaban J connectivity index is 0.992. The smallest absolute Gasteiger partial charge is 0.188 e. The van der Waals surface area contributed by atoms with Crippen LogP contribution in [0.5, 0.6) is 0 Å². The summed E-state index contributed by atoms with van der Waals surface area (Å²) in [6.07, 6.45) is 16.4. The lowest BCUT2D eigenvalue weighted by atomic mass is 10.0. The Morgan fingerprint density at radius 1 is 0.474 bits per heavy atom. The molecule has 0 aliphatic rings. The van der Waals surface area contributed by atoms with E-state index in [1.807, 2.05) is 22.7 Å². The lowest BCUT2D eigenvalue weighted by molar-refractivity contribution is -0.689. The minimum atomic E-state index is 0.992. The molecule has 0 radical (unpaired) electrons. The van der Waals surface area contributed by atoms with E-state index in [1.54, 1.807) is 9.75 Å². The molecule has 0 aliphatic carbocycles. The Morgan fingerprint density at radius 2 is 0.816 bits per heavy atom. The molecule has 2 aromatic carbocycles. The minimum absolute atomic E-state index is 0.992. The van der Waals surface area contributed by atoms with Crippen LogP contribution in [-0.2, 0) is 25.9 Å². The van der Waals surface area contributed by atoms with Crippen LogP contribution in [0.15, 0.2) is 71.7 Å². The molecular formula is C34H46N2S2+2. The van der Waals surface area contributed by atoms with Crippen molar-refractivity contribution in [2.24, 2.45) is 0 Å². The predicted molar refractivity (Wildman–Crippen MR) is 163 cm³/mol. The summed E-state index contributed by atoms with van der Waals surface area (Å²) >= 11 is 3.88. The van der Waals surface area contributed by atoms with Crippen molar-refractivity contribution in [2.75, 3.05) is 0 Å². The van der Waals surface area contributed by atoms with Crippen molar-refractivity contribution in [1.29, 1.82) is 0 Å². The molecule has 0 amide bonds. The second kappa shape index (κ2) is 16.0. The van der Waals surface area contributed by atoms with Gasteiger partial charge in [-0.25, -0.2) is 0 Å². The van der Waals surface area contributed by atoms with E-state index < -0.39 is 0 Å². The molecule has 2 aromatic heterocycles. The monoisotopic (exact) mass is 546 g/mol. The van der Waals surface area contributed by atoms with Crippen molar-refractivity contribution in [3.05, 3.63) is 104 Å². The van der Waals surface area contributed by atoms with Crippen molar-refractivity contribution in [2.45, 2.75) is 104 Å². The van der Waals surface area contributed by atoms with E-state index in [-0.39, 0.29) is 0 Å². The van der Waals surface area contributed by atoms with E-state index in [2.05, 4.69) is 94.7 Å². The largest absolute Gasteiger partial charge is 0.225 e. The molecule has 0 saturated carbocycles. The Kier molecular flexibility index (Phi) is 12.1. The topological polar surface area (TPSA) is 7.76 Å². The maximum absolute atomic E-state index is 2.42. The van der Waals surface area contributed by atoms with Gasteiger partial charge >= 0.3 is 0 Å². The molecule has 202 valence electrons. The van der Waals surface area contributed by atoms with Crippen molar-refractivity contribution in [3.63, 3.8) is 0 Å². The van der Waals surface area contributed by atoms with Gasteiger partial charge in [-0.3, -0.25) is 0 Å². The number of thiazole rings is 2. The third kappa shape index (κ3) is 9.17. The van der Waals surface area contributed by atoms with E-state index in [9.17, 15) is 0 Å². The summed E-state index contributed by atoms with van der Waals surface area (Å²) in [6, 6.07) is 21.6. The lowest BCUT2D eigenvalue weighted by Gasteiger charge is -2.03. The first kappa shape index (κ1) is 28.7. The third-order valence-electron chi connectivity index (χ3n) is 7.76. The molecule has 4 aromatic rings. The van der Waals surface area contributed by atoms with Gasteiger partial charge in [0.25, 0.3) is 0 Å². The molecule has 4 heteroatoms. The number of aryl methyl sites for hydroxylation is 2. The van der Waals surface area contributed by atoms with Crippen molar-refractivity contribution in [1.82, 2.24) is 0 Å². The SMILES string of the molecule is Cc1c(CCCCCCCCCCCCc2sc[n+](Cc3ccccc3)c2C)sc[n+]1Cc1ccccc1. The summed E-state index contributed by atoms with van der Waals surface area (Å²) < 4.78 is 4.83. The van der Waals surface area contributed by atoms with Crippen LogP contribution in [0.3, 0.4) is 0 Å². The van der Waals surface area contributed by atoms with Crippen LogP contribution < -0.4 is 9.13 Å². The fourth-order valence-electron chi connectivity index (χ4n) is 5.24. The summed E-state index contributed by atoms with van der Waals surface area (Å²) in [5.41, 5.74) is 10.3. The lowest BCUT2D eigenvalue weighted by Crippen LogP contribution is -2.34. The zero-order valence-corrected chi connectivity index (χ0v) is 25.2. The Bertz CT molecular complexity index is 1100. The maximum Gasteiger partial charge on any atom is 0.225 e. The summed E-state index contributed by atoms with van der Waals surface area (Å²) in [5, 5.41) is 0. The maximum atomic E-state index is 2.42. The average Bonchev–Trinajstić information content (AvgIpc) is 3.47. The number of benzene rings is 2. The van der Waals surface area contributed by atoms with E-state index in [4.69, 9.17) is 0 Å². The Morgan fingerprint density at radius 3 is 1.18 bits per heavy atom. The second-order valence-corrected chi connectivity index (χ2v) is 12.6. The number of hydrogen-bond acceptors (Lipinski definition) is 2. The summed E-state index contributed by atoms with van der Waals surface area (Å²) in [5.74, 6) is 0. The van der Waals surface area contributed by atoms with E-state index in [1.165, 1.54) is 99.6 Å². The number of unbranched alkanes of at least 4 members (excludes halogenated alkanes) is 9. The zero-order chi connectivity index (χ0) is 26.4. The zero-order valence-electron chi connectivity index (χ0n) is 23.5. The Hall–Kier alpha value is -2.30. The third-order valence-corrected chi connectivity index (χ3v) is 10.1. The van der Waals surface area contributed by atoms with Crippen LogP contribution in [0.4, 0.5) is 0 Å². The van der Waals surface area contributed by atoms with Crippen LogP contribution in [-0.4, -0.2) is 0 Å². The molecule has 4 rings (SSSR count). The van der Waals surface area contributed by atoms with Crippen molar-refractivity contribution < 1.29 is 9.13 Å². The number of rotatable bonds is 17. The Labute approximate surface area is 239 Å². The second-order valence-electron chi connectivity index (χ2n) is 10.7. The molecule has 2 nitrogen and oxygen atoms in total. The molecule has 0 spiro atoms. The average molecular weight is 547 g/mol. The van der Waals surface area contributed by atoms with E-state index >= 15 is 0 Å². The van der Waals surface area contributed by atoms with Crippen LogP contribution in [0.2, 0.25) is 0 Å². The molecule has 0 atom stereocenters. The number of aromatic nitrogens is 2. The number of hydrogen-bond donors (Lipinski definition) is 0. The highest BCUT2D eigenvalue weighted by molar-refractivity contribution is 7.09. The first-order chi connectivity index (χ1) is 18.7. The fraction of sp³-hybridized carbons (Fsp3) is 0.471. The summed E-state index contributed by atoms with van der Waals surface area (Å²) in [4.78, 5) is 3.15. The van der Waals surface area contributed by atoms with Gasteiger partial charge in [-0.2, -0.15) is 9.13 Å². The summed E-state index contributed by atoms with van der Waals surface area (Å²) in [7, 11) is 0. The van der Waals surface area contributed by atoms with E-state index in [0.29, 0.717) is 0 Å². The van der Waals surface area contributed by atoms with Gasteiger partial charge in [-0.1, -0.05) is 135 Å². The first-order valence-electron chi connectivity index (χ1n) is 14.7.